The third-order valence-electron chi connectivity index (χ3n) is 10.2. The third kappa shape index (κ3) is 2.68. The molecular weight excluding hydrogens is 330 g/mol. The first-order valence-corrected chi connectivity index (χ1v) is 12.1. The van der Waals surface area contributed by atoms with E-state index < -0.39 is 0 Å². The number of allylic oxidation sites excluding steroid dienone is 2. The fourth-order valence-electron chi connectivity index (χ4n) is 8.79. The lowest BCUT2D eigenvalue weighted by atomic mass is 9.43. The van der Waals surface area contributed by atoms with Crippen LogP contribution in [0, 0.1) is 40.4 Å². The first-order valence-electron chi connectivity index (χ1n) is 12.1. The van der Waals surface area contributed by atoms with Gasteiger partial charge in [0.2, 0.25) is 0 Å². The zero-order chi connectivity index (χ0) is 18.8. The summed E-state index contributed by atoms with van der Waals surface area (Å²) in [4.78, 5) is 2.78. The second-order valence-corrected chi connectivity index (χ2v) is 11.5. The number of aliphatic hydroxyl groups excluding tert-OH is 1. The molecule has 1 saturated heterocycles. The Hall–Kier alpha value is -0.500. The molecule has 1 heterocycles. The van der Waals surface area contributed by atoms with Gasteiger partial charge in [-0.05, 0) is 99.2 Å². The van der Waals surface area contributed by atoms with E-state index in [9.17, 15) is 5.11 Å². The van der Waals surface area contributed by atoms with Crippen molar-refractivity contribution in [1.29, 1.82) is 0 Å². The number of hydrogen-bond acceptors (Lipinski definition) is 2. The molecule has 0 aromatic heterocycles. The van der Waals surface area contributed by atoms with E-state index >= 15 is 0 Å². The summed E-state index contributed by atoms with van der Waals surface area (Å²) < 4.78 is 0. The van der Waals surface area contributed by atoms with E-state index in [0.717, 1.165) is 42.4 Å². The largest absolute Gasteiger partial charge is 0.393 e. The molecule has 2 heteroatoms. The topological polar surface area (TPSA) is 23.5 Å². The number of rotatable bonds is 1. The van der Waals surface area contributed by atoms with Gasteiger partial charge in [-0.15, -0.1) is 0 Å². The normalized spacial score (nSPS) is 52.6. The van der Waals surface area contributed by atoms with Crippen molar-refractivity contribution in [2.75, 3.05) is 13.1 Å². The van der Waals surface area contributed by atoms with Crippen molar-refractivity contribution in [1.82, 2.24) is 4.90 Å². The highest BCUT2D eigenvalue weighted by Crippen LogP contribution is 2.67. The highest BCUT2D eigenvalue weighted by molar-refractivity contribution is 5.25. The second-order valence-electron chi connectivity index (χ2n) is 11.5. The van der Waals surface area contributed by atoms with Gasteiger partial charge in [-0.25, -0.2) is 0 Å². The molecule has 1 aliphatic heterocycles. The molecule has 2 nitrogen and oxygen atoms in total. The number of aliphatic hydroxyl groups is 1. The fourth-order valence-corrected chi connectivity index (χ4v) is 8.79. The van der Waals surface area contributed by atoms with Crippen molar-refractivity contribution in [2.24, 2.45) is 40.4 Å². The van der Waals surface area contributed by atoms with Crippen molar-refractivity contribution in [3.05, 3.63) is 11.8 Å². The summed E-state index contributed by atoms with van der Waals surface area (Å²) in [5, 5.41) is 10.3. The van der Waals surface area contributed by atoms with E-state index in [0.29, 0.717) is 10.8 Å². The Bertz CT molecular complexity index is 607. The molecule has 0 aromatic rings. The average Bonchev–Trinajstić information content (AvgIpc) is 3.01. The molecule has 4 fully saturated rings. The summed E-state index contributed by atoms with van der Waals surface area (Å²) in [6.07, 6.45) is 15.8. The molecule has 0 bridgehead atoms. The number of likely N-dealkylation sites (tertiary alicyclic amines) is 1. The predicted molar refractivity (Wildman–Crippen MR) is 111 cm³/mol. The Labute approximate surface area is 166 Å². The van der Waals surface area contributed by atoms with Crippen LogP contribution >= 0.6 is 0 Å². The number of fused-ring (bicyclic) bond motifs is 5. The van der Waals surface area contributed by atoms with Gasteiger partial charge in [-0.3, -0.25) is 0 Å². The van der Waals surface area contributed by atoms with Gasteiger partial charge in [0, 0.05) is 24.2 Å². The second kappa shape index (κ2) is 6.51. The SMILES string of the molecule is C[C@H]1CC2C[C@@H](O)CC[C@]2(C)[C@H]2CC[C@]3(C)C(N4CCCCC4)=CC[C@H]3[C@H]12. The molecular formula is C25H41NO. The number of piperidine rings is 1. The van der Waals surface area contributed by atoms with E-state index in [1.165, 1.54) is 64.5 Å². The quantitative estimate of drug-likeness (QED) is 0.647. The first-order chi connectivity index (χ1) is 12.9. The van der Waals surface area contributed by atoms with Crippen LogP contribution in [0.15, 0.2) is 11.8 Å². The Morgan fingerprint density at radius 1 is 1.00 bits per heavy atom. The first kappa shape index (κ1) is 18.5. The molecule has 0 spiro atoms. The maximum Gasteiger partial charge on any atom is 0.0543 e. The Kier molecular flexibility index (Phi) is 4.46. The summed E-state index contributed by atoms with van der Waals surface area (Å²) >= 11 is 0. The molecule has 27 heavy (non-hydrogen) atoms. The standard InChI is InChI=1S/C25H41NO/c1-17-15-18-16-19(27)9-11-24(18,2)21-10-12-25(3)20(23(17)21)7-8-22(25)26-13-5-4-6-14-26/h8,17-21,23,27H,4-7,9-16H2,1-3H3/t17-,18?,19-,20-,21-,23-,24-,25-/m0/s1. The molecule has 1 unspecified atom stereocenters. The van der Waals surface area contributed by atoms with E-state index in [2.05, 4.69) is 31.7 Å². The van der Waals surface area contributed by atoms with Crippen LogP contribution in [-0.2, 0) is 0 Å². The van der Waals surface area contributed by atoms with E-state index in [1.807, 2.05) is 0 Å². The summed E-state index contributed by atoms with van der Waals surface area (Å²) in [7, 11) is 0. The van der Waals surface area contributed by atoms with Gasteiger partial charge in [0.25, 0.3) is 0 Å². The van der Waals surface area contributed by atoms with Crippen LogP contribution in [0.1, 0.15) is 85.0 Å². The van der Waals surface area contributed by atoms with Gasteiger partial charge in [-0.2, -0.15) is 0 Å². The van der Waals surface area contributed by atoms with Crippen molar-refractivity contribution in [3.63, 3.8) is 0 Å². The van der Waals surface area contributed by atoms with E-state index in [-0.39, 0.29) is 6.10 Å². The maximum atomic E-state index is 10.3. The molecule has 1 N–H and O–H groups in total. The van der Waals surface area contributed by atoms with Gasteiger partial charge < -0.3 is 10.0 Å². The van der Waals surface area contributed by atoms with Gasteiger partial charge >= 0.3 is 0 Å². The van der Waals surface area contributed by atoms with Crippen LogP contribution < -0.4 is 0 Å². The van der Waals surface area contributed by atoms with Crippen LogP contribution in [-0.4, -0.2) is 29.2 Å². The molecule has 8 atom stereocenters. The molecule has 4 aliphatic carbocycles. The summed E-state index contributed by atoms with van der Waals surface area (Å²) in [6.45, 7) is 10.4. The zero-order valence-corrected chi connectivity index (χ0v) is 17.9. The minimum absolute atomic E-state index is 0.0282. The molecule has 3 saturated carbocycles. The lowest BCUT2D eigenvalue weighted by Gasteiger charge is -2.63. The predicted octanol–water partition coefficient (Wildman–Crippen LogP) is 5.62. The van der Waals surface area contributed by atoms with Crippen LogP contribution in [0.2, 0.25) is 0 Å². The Morgan fingerprint density at radius 3 is 2.56 bits per heavy atom. The van der Waals surface area contributed by atoms with Gasteiger partial charge in [-0.1, -0.05) is 26.8 Å². The smallest absolute Gasteiger partial charge is 0.0543 e. The average molecular weight is 372 g/mol. The summed E-state index contributed by atoms with van der Waals surface area (Å²) in [6, 6.07) is 0. The molecule has 0 radical (unpaired) electrons. The van der Waals surface area contributed by atoms with Gasteiger partial charge in [0.1, 0.15) is 0 Å². The summed E-state index contributed by atoms with van der Waals surface area (Å²) in [5.74, 6) is 4.26. The molecule has 0 amide bonds. The fraction of sp³-hybridized carbons (Fsp3) is 0.920. The van der Waals surface area contributed by atoms with E-state index in [1.54, 1.807) is 5.70 Å². The number of hydrogen-bond donors (Lipinski definition) is 1. The summed E-state index contributed by atoms with van der Waals surface area (Å²) in [5.41, 5.74) is 2.67. The minimum Gasteiger partial charge on any atom is -0.393 e. The van der Waals surface area contributed by atoms with E-state index in [4.69, 9.17) is 0 Å². The highest BCUT2D eigenvalue weighted by atomic mass is 16.3. The minimum atomic E-state index is -0.0282. The molecule has 152 valence electrons. The molecule has 0 aromatic carbocycles. The van der Waals surface area contributed by atoms with Crippen LogP contribution in [0.25, 0.3) is 0 Å². The van der Waals surface area contributed by atoms with Crippen LogP contribution in [0.4, 0.5) is 0 Å². The molecule has 5 aliphatic rings. The zero-order valence-electron chi connectivity index (χ0n) is 17.9. The third-order valence-corrected chi connectivity index (χ3v) is 10.2. The van der Waals surface area contributed by atoms with Crippen molar-refractivity contribution >= 4 is 0 Å². The van der Waals surface area contributed by atoms with Crippen molar-refractivity contribution in [3.8, 4) is 0 Å². The van der Waals surface area contributed by atoms with Gasteiger partial charge in [0.05, 0.1) is 6.10 Å². The lowest BCUT2D eigenvalue weighted by Crippen LogP contribution is -2.56. The van der Waals surface area contributed by atoms with Crippen molar-refractivity contribution < 1.29 is 5.11 Å². The van der Waals surface area contributed by atoms with Crippen molar-refractivity contribution in [2.45, 2.75) is 91.1 Å². The molecule has 5 rings (SSSR count). The number of nitrogens with zero attached hydrogens (tertiary/aromatic N) is 1. The Balaban J connectivity index is 1.42. The van der Waals surface area contributed by atoms with Crippen LogP contribution in [0.5, 0.6) is 0 Å². The van der Waals surface area contributed by atoms with Crippen LogP contribution in [0.3, 0.4) is 0 Å². The highest BCUT2D eigenvalue weighted by Gasteiger charge is 2.60. The van der Waals surface area contributed by atoms with Gasteiger partial charge in [0.15, 0.2) is 0 Å². The maximum absolute atomic E-state index is 10.3. The monoisotopic (exact) mass is 371 g/mol. The lowest BCUT2D eigenvalue weighted by molar-refractivity contribution is -0.142. The Morgan fingerprint density at radius 2 is 1.78 bits per heavy atom.